The van der Waals surface area contributed by atoms with Crippen molar-refractivity contribution < 1.29 is 14.6 Å². The number of aliphatic hydroxyl groups is 1. The number of ether oxygens (including phenoxy) is 2. The van der Waals surface area contributed by atoms with Gasteiger partial charge >= 0.3 is 0 Å². The van der Waals surface area contributed by atoms with Crippen LogP contribution in [0.2, 0.25) is 0 Å². The lowest BCUT2D eigenvalue weighted by Gasteiger charge is -2.38. The van der Waals surface area contributed by atoms with Gasteiger partial charge in [-0.3, -0.25) is 9.80 Å². The van der Waals surface area contributed by atoms with Crippen LogP contribution < -0.4 is 4.74 Å². The van der Waals surface area contributed by atoms with Crippen molar-refractivity contribution in [2.45, 2.75) is 26.0 Å². The number of aliphatic hydroxyl groups excluding tert-OH is 1. The summed E-state index contributed by atoms with van der Waals surface area (Å²) in [6.45, 7) is 9.97. The van der Waals surface area contributed by atoms with Crippen LogP contribution in [-0.4, -0.2) is 74.1 Å². The molecule has 2 rings (SSSR count). The molecule has 0 radical (unpaired) electrons. The van der Waals surface area contributed by atoms with E-state index in [0.29, 0.717) is 25.8 Å². The van der Waals surface area contributed by atoms with Crippen LogP contribution in [0.3, 0.4) is 0 Å². The monoisotopic (exact) mass is 322 g/mol. The Balaban J connectivity index is 1.81. The van der Waals surface area contributed by atoms with E-state index in [9.17, 15) is 5.11 Å². The zero-order chi connectivity index (χ0) is 16.7. The normalized spacial score (nSPS) is 19.5. The number of benzene rings is 1. The van der Waals surface area contributed by atoms with Crippen LogP contribution in [0.4, 0.5) is 0 Å². The first-order valence-corrected chi connectivity index (χ1v) is 8.50. The molecule has 1 aliphatic heterocycles. The zero-order valence-electron chi connectivity index (χ0n) is 14.6. The minimum absolute atomic E-state index is 0.376. The van der Waals surface area contributed by atoms with Gasteiger partial charge in [0.05, 0.1) is 19.8 Å². The summed E-state index contributed by atoms with van der Waals surface area (Å²) in [6, 6.07) is 8.67. The molecule has 1 fully saturated rings. The Morgan fingerprint density at radius 1 is 1.22 bits per heavy atom. The molecule has 0 bridgehead atoms. The largest absolute Gasteiger partial charge is 0.497 e. The molecule has 0 spiro atoms. The van der Waals surface area contributed by atoms with Gasteiger partial charge in [-0.25, -0.2) is 0 Å². The third-order valence-electron chi connectivity index (χ3n) is 4.51. The molecule has 1 saturated heterocycles. The molecule has 5 heteroatoms. The molecule has 23 heavy (non-hydrogen) atoms. The maximum Gasteiger partial charge on any atom is 0.119 e. The minimum Gasteiger partial charge on any atom is -0.497 e. The fourth-order valence-corrected chi connectivity index (χ4v) is 3.05. The lowest BCUT2D eigenvalue weighted by Crippen LogP contribution is -2.49. The quantitative estimate of drug-likeness (QED) is 0.790. The van der Waals surface area contributed by atoms with Gasteiger partial charge in [-0.15, -0.1) is 0 Å². The Hall–Kier alpha value is -1.14. The number of rotatable bonds is 8. The van der Waals surface area contributed by atoms with Crippen LogP contribution in [0.25, 0.3) is 0 Å². The van der Waals surface area contributed by atoms with Crippen molar-refractivity contribution in [1.29, 1.82) is 0 Å². The molecule has 0 aromatic heterocycles. The molecule has 130 valence electrons. The van der Waals surface area contributed by atoms with Crippen LogP contribution in [0.1, 0.15) is 25.5 Å². The van der Waals surface area contributed by atoms with E-state index in [1.54, 1.807) is 7.11 Å². The van der Waals surface area contributed by atoms with Gasteiger partial charge in [-0.2, -0.15) is 0 Å². The van der Waals surface area contributed by atoms with Crippen molar-refractivity contribution in [2.24, 2.45) is 0 Å². The van der Waals surface area contributed by atoms with Gasteiger partial charge in [-0.1, -0.05) is 12.1 Å². The van der Waals surface area contributed by atoms with Crippen LogP contribution in [0.5, 0.6) is 5.75 Å². The second kappa shape index (κ2) is 9.23. The summed E-state index contributed by atoms with van der Waals surface area (Å²) in [5.74, 6) is 0.909. The zero-order valence-corrected chi connectivity index (χ0v) is 14.6. The van der Waals surface area contributed by atoms with E-state index in [4.69, 9.17) is 9.47 Å². The summed E-state index contributed by atoms with van der Waals surface area (Å²) >= 11 is 0. The highest BCUT2D eigenvalue weighted by Gasteiger charge is 2.23. The first kappa shape index (κ1) is 18.2. The van der Waals surface area contributed by atoms with Gasteiger partial charge in [0, 0.05) is 45.4 Å². The topological polar surface area (TPSA) is 45.2 Å². The van der Waals surface area contributed by atoms with E-state index in [1.165, 1.54) is 5.56 Å². The highest BCUT2D eigenvalue weighted by Crippen LogP contribution is 2.24. The molecule has 5 nitrogen and oxygen atoms in total. The van der Waals surface area contributed by atoms with E-state index < -0.39 is 6.10 Å². The number of methoxy groups -OCH3 is 1. The first-order valence-electron chi connectivity index (χ1n) is 8.50. The number of hydrogen-bond acceptors (Lipinski definition) is 5. The highest BCUT2D eigenvalue weighted by atomic mass is 16.5. The fourth-order valence-electron chi connectivity index (χ4n) is 3.05. The Morgan fingerprint density at radius 3 is 2.61 bits per heavy atom. The predicted octanol–water partition coefficient (Wildman–Crippen LogP) is 1.77. The second-order valence-corrected chi connectivity index (χ2v) is 6.10. The predicted molar refractivity (Wildman–Crippen MR) is 91.9 cm³/mol. The fraction of sp³-hybridized carbons (Fsp3) is 0.667. The van der Waals surface area contributed by atoms with E-state index in [1.807, 2.05) is 19.1 Å². The molecule has 1 aliphatic rings. The lowest BCUT2D eigenvalue weighted by atomic mass is 10.1. The lowest BCUT2D eigenvalue weighted by molar-refractivity contribution is 0.00723. The van der Waals surface area contributed by atoms with Crippen LogP contribution >= 0.6 is 0 Å². The summed E-state index contributed by atoms with van der Waals surface area (Å²) in [7, 11) is 1.70. The molecule has 1 N–H and O–H groups in total. The molecular weight excluding hydrogens is 292 g/mol. The van der Waals surface area contributed by atoms with E-state index in [0.717, 1.165) is 31.9 Å². The van der Waals surface area contributed by atoms with Crippen molar-refractivity contribution in [2.75, 3.05) is 53.0 Å². The van der Waals surface area contributed by atoms with E-state index in [-0.39, 0.29) is 0 Å². The van der Waals surface area contributed by atoms with Crippen molar-refractivity contribution in [1.82, 2.24) is 9.80 Å². The molecule has 2 unspecified atom stereocenters. The van der Waals surface area contributed by atoms with Crippen LogP contribution in [0.15, 0.2) is 24.3 Å². The summed E-state index contributed by atoms with van der Waals surface area (Å²) in [5, 5.41) is 9.95. The molecule has 2 atom stereocenters. The van der Waals surface area contributed by atoms with Crippen molar-refractivity contribution in [3.8, 4) is 5.75 Å². The Bertz CT molecular complexity index is 461. The van der Waals surface area contributed by atoms with Gasteiger partial charge < -0.3 is 14.6 Å². The Kier molecular flexibility index (Phi) is 7.30. The third-order valence-corrected chi connectivity index (χ3v) is 4.51. The van der Waals surface area contributed by atoms with Gasteiger partial charge in [0.2, 0.25) is 0 Å². The molecule has 0 saturated carbocycles. The number of piperazine rings is 1. The standard InChI is InChI=1S/C18H30N2O3/c1-4-23-14-17(21)13-19-8-10-20(11-9-19)15(2)16-6-5-7-18(12-16)22-3/h5-7,12,15,17,21H,4,8-11,13-14H2,1-3H3. The van der Waals surface area contributed by atoms with Crippen molar-refractivity contribution >= 4 is 0 Å². The van der Waals surface area contributed by atoms with Gasteiger partial charge in [0.25, 0.3) is 0 Å². The van der Waals surface area contributed by atoms with Crippen LogP contribution in [-0.2, 0) is 4.74 Å². The van der Waals surface area contributed by atoms with Gasteiger partial charge in [0.1, 0.15) is 5.75 Å². The molecule has 0 amide bonds. The maximum atomic E-state index is 9.95. The number of nitrogens with zero attached hydrogens (tertiary/aromatic N) is 2. The summed E-state index contributed by atoms with van der Waals surface area (Å²) < 4.78 is 10.6. The smallest absolute Gasteiger partial charge is 0.119 e. The third kappa shape index (κ3) is 5.46. The van der Waals surface area contributed by atoms with Gasteiger partial charge in [-0.05, 0) is 31.5 Å². The first-order chi connectivity index (χ1) is 11.1. The summed E-state index contributed by atoms with van der Waals surface area (Å²) in [5.41, 5.74) is 1.29. The highest BCUT2D eigenvalue weighted by molar-refractivity contribution is 5.30. The Labute approximate surface area is 139 Å². The van der Waals surface area contributed by atoms with Crippen molar-refractivity contribution in [3.63, 3.8) is 0 Å². The van der Waals surface area contributed by atoms with E-state index in [2.05, 4.69) is 28.9 Å². The average Bonchev–Trinajstić information content (AvgIpc) is 2.60. The molecule has 0 aliphatic carbocycles. The maximum absolute atomic E-state index is 9.95. The average molecular weight is 322 g/mol. The number of β-amino-alcohol motifs (C(OH)–C–C–N with tert-alkyl or cyclic N) is 1. The summed E-state index contributed by atoms with van der Waals surface area (Å²) in [6.07, 6.45) is -0.391. The van der Waals surface area contributed by atoms with Crippen molar-refractivity contribution in [3.05, 3.63) is 29.8 Å². The molecule has 1 aromatic carbocycles. The molecule has 1 aromatic rings. The van der Waals surface area contributed by atoms with Gasteiger partial charge in [0.15, 0.2) is 0 Å². The summed E-state index contributed by atoms with van der Waals surface area (Å²) in [4.78, 5) is 4.80. The SMILES string of the molecule is CCOCC(O)CN1CCN(C(C)c2cccc(OC)c2)CC1. The molecular formula is C18H30N2O3. The minimum atomic E-state index is -0.391. The van der Waals surface area contributed by atoms with Crippen LogP contribution in [0, 0.1) is 0 Å². The second-order valence-electron chi connectivity index (χ2n) is 6.10. The Morgan fingerprint density at radius 2 is 1.96 bits per heavy atom. The number of hydrogen-bond donors (Lipinski definition) is 1. The molecule has 1 heterocycles. The van der Waals surface area contributed by atoms with E-state index >= 15 is 0 Å².